The Balaban J connectivity index is 1.74. The molecule has 0 fully saturated rings. The Hall–Kier alpha value is -2.61. The molecule has 1 atom stereocenters. The molecule has 0 amide bonds. The number of benzene rings is 1. The summed E-state index contributed by atoms with van der Waals surface area (Å²) in [6.45, 7) is 0. The molecule has 0 saturated carbocycles. The first-order valence-corrected chi connectivity index (χ1v) is 8.32. The molecule has 120 valence electrons. The molecule has 0 bridgehead atoms. The summed E-state index contributed by atoms with van der Waals surface area (Å²) in [6, 6.07) is 7.64. The van der Waals surface area contributed by atoms with Gasteiger partial charge in [0, 0.05) is 30.8 Å². The number of hydrogen-bond acceptors (Lipinski definition) is 7. The summed E-state index contributed by atoms with van der Waals surface area (Å²) in [7, 11) is 1.88. The Morgan fingerprint density at radius 3 is 2.91 bits per heavy atom. The number of thioether (sulfide) groups is 1. The van der Waals surface area contributed by atoms with Crippen LogP contribution in [0.2, 0.25) is 0 Å². The summed E-state index contributed by atoms with van der Waals surface area (Å²) in [5, 5.41) is 14.1. The third-order valence-electron chi connectivity index (χ3n) is 3.25. The molecular weight excluding hydrogens is 310 g/mol. The molecule has 1 aromatic heterocycles. The molecule has 2 aromatic rings. The normalized spacial score (nSPS) is 17.0. The van der Waals surface area contributed by atoms with E-state index in [0.29, 0.717) is 0 Å². The monoisotopic (exact) mass is 329 g/mol. The van der Waals surface area contributed by atoms with Crippen molar-refractivity contribution in [2.75, 3.05) is 22.6 Å². The van der Waals surface area contributed by atoms with Gasteiger partial charge < -0.3 is 21.7 Å². The van der Waals surface area contributed by atoms with Gasteiger partial charge in [0.05, 0.1) is 16.8 Å². The number of nitrogens with two attached hydrogens (primary N) is 1. The van der Waals surface area contributed by atoms with Crippen LogP contribution in [0.5, 0.6) is 0 Å². The van der Waals surface area contributed by atoms with E-state index in [0.717, 1.165) is 27.8 Å². The Morgan fingerprint density at radius 1 is 1.35 bits per heavy atom. The molecule has 3 rings (SSSR count). The highest BCUT2D eigenvalue weighted by atomic mass is 32.2. The lowest BCUT2D eigenvalue weighted by Gasteiger charge is -2.25. The molecule has 5 N–H and O–H groups in total. The van der Waals surface area contributed by atoms with Crippen LogP contribution in [0.15, 0.2) is 52.4 Å². The van der Waals surface area contributed by atoms with E-state index in [2.05, 4.69) is 26.0 Å². The fourth-order valence-corrected chi connectivity index (χ4v) is 2.67. The molecule has 1 aromatic carbocycles. The minimum absolute atomic E-state index is 0.265. The highest BCUT2D eigenvalue weighted by Gasteiger charge is 2.16. The predicted octanol–water partition coefficient (Wildman–Crippen LogP) is 2.02. The van der Waals surface area contributed by atoms with E-state index in [1.165, 1.54) is 0 Å². The van der Waals surface area contributed by atoms with Gasteiger partial charge in [0.2, 0.25) is 0 Å². The third kappa shape index (κ3) is 3.78. The lowest BCUT2D eigenvalue weighted by molar-refractivity contribution is 0.654. The first-order chi connectivity index (χ1) is 11.1. The SMILES string of the molecule is CSC1=C(Nc2cccc(N)c2)NC(Nc2cnn(C)c2)N=C1. The number of rotatable bonds is 5. The number of nitrogens with one attached hydrogen (secondary N) is 3. The molecule has 8 heteroatoms. The van der Waals surface area contributed by atoms with Crippen LogP contribution in [0.3, 0.4) is 0 Å². The zero-order valence-corrected chi connectivity index (χ0v) is 13.8. The van der Waals surface area contributed by atoms with Gasteiger partial charge in [-0.15, -0.1) is 11.8 Å². The Morgan fingerprint density at radius 2 is 2.22 bits per heavy atom. The number of nitrogens with zero attached hydrogens (tertiary/aromatic N) is 3. The topological polar surface area (TPSA) is 92.3 Å². The summed E-state index contributed by atoms with van der Waals surface area (Å²) in [5.41, 5.74) is 8.38. The molecule has 0 aliphatic carbocycles. The van der Waals surface area contributed by atoms with Crippen LogP contribution in [0.1, 0.15) is 0 Å². The van der Waals surface area contributed by atoms with E-state index in [-0.39, 0.29) is 6.29 Å². The van der Waals surface area contributed by atoms with Crippen molar-refractivity contribution in [3.63, 3.8) is 0 Å². The number of aliphatic imine (C=N–C) groups is 1. The lowest BCUT2D eigenvalue weighted by atomic mass is 10.3. The summed E-state index contributed by atoms with van der Waals surface area (Å²) in [4.78, 5) is 5.49. The molecule has 1 aliphatic heterocycles. The van der Waals surface area contributed by atoms with Crippen molar-refractivity contribution in [1.29, 1.82) is 0 Å². The van der Waals surface area contributed by atoms with E-state index in [4.69, 9.17) is 5.73 Å². The second-order valence-electron chi connectivity index (χ2n) is 5.07. The van der Waals surface area contributed by atoms with Crippen LogP contribution < -0.4 is 21.7 Å². The van der Waals surface area contributed by atoms with Gasteiger partial charge in [-0.05, 0) is 24.5 Å². The van der Waals surface area contributed by atoms with Crippen molar-refractivity contribution in [2.24, 2.45) is 12.0 Å². The van der Waals surface area contributed by atoms with Crippen LogP contribution >= 0.6 is 11.8 Å². The molecule has 1 aliphatic rings. The maximum Gasteiger partial charge on any atom is 0.195 e. The number of nitrogen functional groups attached to an aromatic ring is 1. The average molecular weight is 329 g/mol. The minimum Gasteiger partial charge on any atom is -0.399 e. The van der Waals surface area contributed by atoms with Gasteiger partial charge in [-0.2, -0.15) is 5.10 Å². The van der Waals surface area contributed by atoms with Crippen molar-refractivity contribution in [1.82, 2.24) is 15.1 Å². The Labute approximate surface area is 139 Å². The number of hydrogen-bond donors (Lipinski definition) is 4. The van der Waals surface area contributed by atoms with Crippen molar-refractivity contribution < 1.29 is 0 Å². The van der Waals surface area contributed by atoms with Crippen LogP contribution in [-0.2, 0) is 7.05 Å². The Bertz CT molecular complexity index is 750. The average Bonchev–Trinajstić information content (AvgIpc) is 2.93. The van der Waals surface area contributed by atoms with E-state index in [1.54, 1.807) is 22.6 Å². The molecule has 23 heavy (non-hydrogen) atoms. The van der Waals surface area contributed by atoms with Gasteiger partial charge in [0.15, 0.2) is 6.29 Å². The van der Waals surface area contributed by atoms with E-state index >= 15 is 0 Å². The second kappa shape index (κ2) is 6.66. The van der Waals surface area contributed by atoms with Crippen molar-refractivity contribution >= 4 is 35.0 Å². The first kappa shape index (κ1) is 15.3. The van der Waals surface area contributed by atoms with Gasteiger partial charge in [0.25, 0.3) is 0 Å². The molecule has 1 unspecified atom stereocenters. The van der Waals surface area contributed by atoms with Crippen molar-refractivity contribution in [3.8, 4) is 0 Å². The van der Waals surface area contributed by atoms with Crippen molar-refractivity contribution in [3.05, 3.63) is 47.4 Å². The fraction of sp³-hybridized carbons (Fsp3) is 0.200. The van der Waals surface area contributed by atoms with Gasteiger partial charge in [-0.25, -0.2) is 4.99 Å². The maximum atomic E-state index is 5.83. The third-order valence-corrected chi connectivity index (χ3v) is 4.00. The summed E-state index contributed by atoms with van der Waals surface area (Å²) in [5.74, 6) is 0.888. The standard InChI is InChI=1S/C15H19N7S/c1-22-9-12(7-18-22)20-15-17-8-13(23-2)14(21-15)19-11-5-3-4-10(16)6-11/h3-9,15,19-21H,16H2,1-2H3. The predicted molar refractivity (Wildman–Crippen MR) is 97.3 cm³/mol. The lowest BCUT2D eigenvalue weighted by Crippen LogP contribution is -2.39. The zero-order chi connectivity index (χ0) is 16.2. The van der Waals surface area contributed by atoms with Crippen LogP contribution in [0.4, 0.5) is 17.1 Å². The van der Waals surface area contributed by atoms with Gasteiger partial charge in [-0.3, -0.25) is 4.68 Å². The van der Waals surface area contributed by atoms with Crippen LogP contribution in [-0.4, -0.2) is 28.5 Å². The minimum atomic E-state index is -0.265. The summed E-state index contributed by atoms with van der Waals surface area (Å²) >= 11 is 1.62. The number of allylic oxidation sites excluding steroid dienone is 1. The highest BCUT2D eigenvalue weighted by Crippen LogP contribution is 2.21. The largest absolute Gasteiger partial charge is 0.399 e. The molecular formula is C15H19N7S. The summed E-state index contributed by atoms with van der Waals surface area (Å²) < 4.78 is 1.74. The Kier molecular flexibility index (Phi) is 4.42. The number of aromatic nitrogens is 2. The quantitative estimate of drug-likeness (QED) is 0.627. The second-order valence-corrected chi connectivity index (χ2v) is 5.91. The van der Waals surface area contributed by atoms with Crippen LogP contribution in [0.25, 0.3) is 0 Å². The van der Waals surface area contributed by atoms with Gasteiger partial charge in [0.1, 0.15) is 5.82 Å². The zero-order valence-electron chi connectivity index (χ0n) is 12.9. The molecule has 7 nitrogen and oxygen atoms in total. The summed E-state index contributed by atoms with van der Waals surface area (Å²) in [6.07, 6.45) is 7.26. The van der Waals surface area contributed by atoms with E-state index < -0.39 is 0 Å². The van der Waals surface area contributed by atoms with Crippen molar-refractivity contribution in [2.45, 2.75) is 6.29 Å². The van der Waals surface area contributed by atoms with E-state index in [1.807, 2.05) is 50.0 Å². The molecule has 0 spiro atoms. The smallest absolute Gasteiger partial charge is 0.195 e. The van der Waals surface area contributed by atoms with E-state index in [9.17, 15) is 0 Å². The first-order valence-electron chi connectivity index (χ1n) is 7.10. The number of anilines is 3. The molecule has 2 heterocycles. The van der Waals surface area contributed by atoms with Gasteiger partial charge >= 0.3 is 0 Å². The van der Waals surface area contributed by atoms with Crippen LogP contribution in [0, 0.1) is 0 Å². The van der Waals surface area contributed by atoms with Gasteiger partial charge in [-0.1, -0.05) is 6.07 Å². The highest BCUT2D eigenvalue weighted by molar-refractivity contribution is 8.03. The fourth-order valence-electron chi connectivity index (χ4n) is 2.19. The maximum absolute atomic E-state index is 5.83. The number of aryl methyl sites for hydroxylation is 1. The molecule has 0 saturated heterocycles. The molecule has 0 radical (unpaired) electrons.